The summed E-state index contributed by atoms with van der Waals surface area (Å²) in [4.78, 5) is 10.3. The van der Waals surface area contributed by atoms with Crippen LogP contribution < -0.4 is 0 Å². The molecule has 1 fully saturated rings. The third-order valence-electron chi connectivity index (χ3n) is 2.63. The highest BCUT2D eigenvalue weighted by molar-refractivity contribution is 7.91. The lowest BCUT2D eigenvalue weighted by atomic mass is 9.99. The van der Waals surface area contributed by atoms with E-state index in [4.69, 9.17) is 0 Å². The monoisotopic (exact) mass is 206 g/mol. The number of carbonyl (C=O) groups is 1. The van der Waals surface area contributed by atoms with Crippen LogP contribution in [0.25, 0.3) is 0 Å². The van der Waals surface area contributed by atoms with Crippen LogP contribution in [0.5, 0.6) is 0 Å². The molecule has 0 bridgehead atoms. The molecule has 0 aliphatic heterocycles. The van der Waals surface area contributed by atoms with Crippen LogP contribution in [-0.4, -0.2) is 36.9 Å². The predicted molar refractivity (Wildman–Crippen MR) is 48.1 cm³/mol. The number of hydrogen-bond donors (Lipinski definition) is 1. The standard InChI is InChI=1S/C8H14O4S/c1-13(11,12)7-3-2-4-8(7,10)5-6-9/h6-7,10H,2-5H2,1H3. The Balaban J connectivity index is 2.92. The fourth-order valence-corrected chi connectivity index (χ4v) is 3.62. The Hall–Kier alpha value is -0.420. The molecule has 0 aromatic carbocycles. The van der Waals surface area contributed by atoms with Crippen molar-refractivity contribution in [2.24, 2.45) is 0 Å². The summed E-state index contributed by atoms with van der Waals surface area (Å²) in [5.74, 6) is 0. The second kappa shape index (κ2) is 3.38. The molecule has 76 valence electrons. The van der Waals surface area contributed by atoms with Gasteiger partial charge in [-0.25, -0.2) is 8.42 Å². The van der Waals surface area contributed by atoms with Crippen molar-refractivity contribution in [3.8, 4) is 0 Å². The van der Waals surface area contributed by atoms with Crippen LogP contribution in [0.3, 0.4) is 0 Å². The van der Waals surface area contributed by atoms with Crippen LogP contribution in [0.2, 0.25) is 0 Å². The fourth-order valence-electron chi connectivity index (χ4n) is 2.01. The molecule has 0 radical (unpaired) electrons. The summed E-state index contributed by atoms with van der Waals surface area (Å²) in [6, 6.07) is 0. The van der Waals surface area contributed by atoms with Gasteiger partial charge in [-0.1, -0.05) is 0 Å². The number of carbonyl (C=O) groups excluding carboxylic acids is 1. The van der Waals surface area contributed by atoms with Gasteiger partial charge in [-0.3, -0.25) is 0 Å². The number of hydrogen-bond acceptors (Lipinski definition) is 4. The summed E-state index contributed by atoms with van der Waals surface area (Å²) >= 11 is 0. The zero-order chi connectivity index (χ0) is 10.1. The van der Waals surface area contributed by atoms with Gasteiger partial charge in [0.05, 0.1) is 10.9 Å². The third kappa shape index (κ3) is 2.08. The molecule has 1 N–H and O–H groups in total. The highest BCUT2D eigenvalue weighted by Crippen LogP contribution is 2.36. The predicted octanol–water partition coefficient (Wildman–Crippen LogP) is -0.0964. The van der Waals surface area contributed by atoms with Gasteiger partial charge >= 0.3 is 0 Å². The van der Waals surface area contributed by atoms with Crippen LogP contribution in [-0.2, 0) is 14.6 Å². The summed E-state index contributed by atoms with van der Waals surface area (Å²) in [6.07, 6.45) is 3.15. The average molecular weight is 206 g/mol. The smallest absolute Gasteiger partial charge is 0.153 e. The Morgan fingerprint density at radius 3 is 2.69 bits per heavy atom. The van der Waals surface area contributed by atoms with Gasteiger partial charge in [-0.2, -0.15) is 0 Å². The Bertz CT molecular complexity index is 295. The molecule has 1 rings (SSSR count). The van der Waals surface area contributed by atoms with E-state index in [1.807, 2.05) is 0 Å². The number of sulfone groups is 1. The number of rotatable bonds is 3. The molecule has 1 aliphatic carbocycles. The number of aldehydes is 1. The van der Waals surface area contributed by atoms with Gasteiger partial charge in [0.2, 0.25) is 0 Å². The summed E-state index contributed by atoms with van der Waals surface area (Å²) < 4.78 is 22.5. The average Bonchev–Trinajstić information content (AvgIpc) is 2.30. The minimum absolute atomic E-state index is 0.0786. The lowest BCUT2D eigenvalue weighted by molar-refractivity contribution is -0.112. The minimum Gasteiger partial charge on any atom is -0.388 e. The van der Waals surface area contributed by atoms with Gasteiger partial charge in [0.1, 0.15) is 6.29 Å². The second-order valence-electron chi connectivity index (χ2n) is 3.68. The van der Waals surface area contributed by atoms with Gasteiger partial charge < -0.3 is 9.90 Å². The molecule has 13 heavy (non-hydrogen) atoms. The Morgan fingerprint density at radius 2 is 2.23 bits per heavy atom. The van der Waals surface area contributed by atoms with Gasteiger partial charge in [-0.05, 0) is 19.3 Å². The molecule has 5 heteroatoms. The Morgan fingerprint density at radius 1 is 1.62 bits per heavy atom. The van der Waals surface area contributed by atoms with Crippen LogP contribution >= 0.6 is 0 Å². The lowest BCUT2D eigenvalue weighted by Crippen LogP contribution is -2.42. The largest absolute Gasteiger partial charge is 0.388 e. The maximum absolute atomic E-state index is 11.2. The fraction of sp³-hybridized carbons (Fsp3) is 0.875. The van der Waals surface area contributed by atoms with E-state index < -0.39 is 20.7 Å². The molecule has 4 nitrogen and oxygen atoms in total. The summed E-state index contributed by atoms with van der Waals surface area (Å²) in [6.45, 7) is 0. The highest BCUT2D eigenvalue weighted by Gasteiger charge is 2.46. The van der Waals surface area contributed by atoms with E-state index in [0.717, 1.165) is 6.26 Å². The lowest BCUT2D eigenvalue weighted by Gasteiger charge is -2.26. The van der Waals surface area contributed by atoms with E-state index in [9.17, 15) is 18.3 Å². The molecule has 1 aliphatic rings. The topological polar surface area (TPSA) is 71.4 Å². The van der Waals surface area contributed by atoms with Gasteiger partial charge in [0, 0.05) is 12.7 Å². The van der Waals surface area contributed by atoms with E-state index >= 15 is 0 Å². The van der Waals surface area contributed by atoms with Crippen molar-refractivity contribution in [1.29, 1.82) is 0 Å². The third-order valence-corrected chi connectivity index (χ3v) is 4.34. The molecular formula is C8H14O4S. The van der Waals surface area contributed by atoms with Crippen molar-refractivity contribution in [3.63, 3.8) is 0 Å². The maximum atomic E-state index is 11.2. The SMILES string of the molecule is CS(=O)(=O)C1CCCC1(O)CC=O. The maximum Gasteiger partial charge on any atom is 0.153 e. The Kier molecular flexibility index (Phi) is 2.77. The summed E-state index contributed by atoms with van der Waals surface area (Å²) in [5, 5.41) is 9.12. The van der Waals surface area contributed by atoms with E-state index in [0.29, 0.717) is 25.5 Å². The van der Waals surface area contributed by atoms with E-state index in [2.05, 4.69) is 0 Å². The molecule has 0 aromatic heterocycles. The van der Waals surface area contributed by atoms with Crippen molar-refractivity contribution < 1.29 is 18.3 Å². The zero-order valence-corrected chi connectivity index (χ0v) is 8.38. The molecule has 2 unspecified atom stereocenters. The molecule has 0 saturated heterocycles. The number of aliphatic hydroxyl groups is 1. The highest BCUT2D eigenvalue weighted by atomic mass is 32.2. The molecule has 0 heterocycles. The molecule has 1 saturated carbocycles. The van der Waals surface area contributed by atoms with Crippen LogP contribution in [0, 0.1) is 0 Å². The zero-order valence-electron chi connectivity index (χ0n) is 7.56. The first-order chi connectivity index (χ1) is 5.90. The molecule has 0 spiro atoms. The minimum atomic E-state index is -3.24. The second-order valence-corrected chi connectivity index (χ2v) is 5.91. The van der Waals surface area contributed by atoms with Crippen molar-refractivity contribution in [2.45, 2.75) is 36.5 Å². The van der Waals surface area contributed by atoms with Crippen molar-refractivity contribution >= 4 is 16.1 Å². The van der Waals surface area contributed by atoms with Crippen molar-refractivity contribution in [3.05, 3.63) is 0 Å². The summed E-state index contributed by atoms with van der Waals surface area (Å²) in [7, 11) is -3.24. The van der Waals surface area contributed by atoms with Crippen LogP contribution in [0.4, 0.5) is 0 Å². The van der Waals surface area contributed by atoms with E-state index in [1.54, 1.807) is 0 Å². The Labute approximate surface area is 77.9 Å². The van der Waals surface area contributed by atoms with Crippen molar-refractivity contribution in [2.75, 3.05) is 6.26 Å². The molecule has 0 aromatic rings. The van der Waals surface area contributed by atoms with Gasteiger partial charge in [-0.15, -0.1) is 0 Å². The van der Waals surface area contributed by atoms with Crippen LogP contribution in [0.1, 0.15) is 25.7 Å². The molecule has 0 amide bonds. The van der Waals surface area contributed by atoms with Crippen molar-refractivity contribution in [1.82, 2.24) is 0 Å². The van der Waals surface area contributed by atoms with E-state index in [1.165, 1.54) is 0 Å². The molecular weight excluding hydrogens is 192 g/mol. The van der Waals surface area contributed by atoms with E-state index in [-0.39, 0.29) is 6.42 Å². The first-order valence-electron chi connectivity index (χ1n) is 4.25. The van der Waals surface area contributed by atoms with Gasteiger partial charge in [0.15, 0.2) is 9.84 Å². The normalized spacial score (nSPS) is 34.8. The van der Waals surface area contributed by atoms with Gasteiger partial charge in [0.25, 0.3) is 0 Å². The molecule has 2 atom stereocenters. The first kappa shape index (κ1) is 10.7. The van der Waals surface area contributed by atoms with Crippen LogP contribution in [0.15, 0.2) is 0 Å². The first-order valence-corrected chi connectivity index (χ1v) is 6.20. The summed E-state index contributed by atoms with van der Waals surface area (Å²) in [5.41, 5.74) is -1.31. The quantitative estimate of drug-likeness (QED) is 0.655.